The van der Waals surface area contributed by atoms with Crippen molar-refractivity contribution in [1.29, 1.82) is 0 Å². The fourth-order valence-electron chi connectivity index (χ4n) is 2.88. The van der Waals surface area contributed by atoms with E-state index in [0.29, 0.717) is 6.54 Å². The minimum absolute atomic E-state index is 0.0311. The number of carbonyl (C=O) groups excluding carboxylic acids is 1. The van der Waals surface area contributed by atoms with Crippen LogP contribution in [-0.4, -0.2) is 41.0 Å². The molecule has 0 spiro atoms. The van der Waals surface area contributed by atoms with E-state index < -0.39 is 5.97 Å². The second kappa shape index (κ2) is 7.83. The van der Waals surface area contributed by atoms with Crippen LogP contribution in [0.5, 0.6) is 0 Å². The number of aliphatic carboxylic acids is 1. The quantitative estimate of drug-likeness (QED) is 0.804. The highest BCUT2D eigenvalue weighted by molar-refractivity contribution is 5.84. The van der Waals surface area contributed by atoms with E-state index in [1.54, 1.807) is 4.90 Å². The molecule has 1 N–H and O–H groups in total. The van der Waals surface area contributed by atoms with Crippen LogP contribution < -0.4 is 4.90 Å². The molecule has 2 aromatic carbocycles. The van der Waals surface area contributed by atoms with Gasteiger partial charge >= 0.3 is 5.97 Å². The Balaban J connectivity index is 1.73. The maximum atomic E-state index is 12.9. The lowest BCUT2D eigenvalue weighted by Crippen LogP contribution is -2.43. The zero-order chi connectivity index (χ0) is 17.6. The van der Waals surface area contributed by atoms with Crippen LogP contribution in [-0.2, 0) is 16.1 Å². The third-order valence-electron chi connectivity index (χ3n) is 4.28. The van der Waals surface area contributed by atoms with E-state index in [1.807, 2.05) is 65.6 Å². The van der Waals surface area contributed by atoms with Gasteiger partial charge in [-0.2, -0.15) is 0 Å². The summed E-state index contributed by atoms with van der Waals surface area (Å²) in [5.74, 6) is -0.978. The summed E-state index contributed by atoms with van der Waals surface area (Å²) in [5, 5.41) is 9.19. The minimum atomic E-state index is -0.947. The number of hydrogen-bond donors (Lipinski definition) is 1. The topological polar surface area (TPSA) is 60.9 Å². The third kappa shape index (κ3) is 4.83. The second-order valence-corrected chi connectivity index (χ2v) is 6.32. The molecule has 1 saturated carbocycles. The monoisotopic (exact) mass is 338 g/mol. The van der Waals surface area contributed by atoms with Gasteiger partial charge < -0.3 is 14.9 Å². The van der Waals surface area contributed by atoms with Crippen molar-refractivity contribution >= 4 is 17.6 Å². The van der Waals surface area contributed by atoms with E-state index in [9.17, 15) is 14.7 Å². The lowest BCUT2D eigenvalue weighted by atomic mass is 10.2. The van der Waals surface area contributed by atoms with Gasteiger partial charge in [0.1, 0.15) is 6.54 Å². The van der Waals surface area contributed by atoms with Crippen molar-refractivity contribution in [2.24, 2.45) is 0 Å². The van der Waals surface area contributed by atoms with Gasteiger partial charge in [0, 0.05) is 18.3 Å². The van der Waals surface area contributed by atoms with Gasteiger partial charge in [-0.3, -0.25) is 9.59 Å². The minimum Gasteiger partial charge on any atom is -0.480 e. The van der Waals surface area contributed by atoms with Crippen LogP contribution in [0.25, 0.3) is 0 Å². The predicted molar refractivity (Wildman–Crippen MR) is 96.3 cm³/mol. The second-order valence-electron chi connectivity index (χ2n) is 6.32. The summed E-state index contributed by atoms with van der Waals surface area (Å²) in [4.78, 5) is 27.6. The lowest BCUT2D eigenvalue weighted by molar-refractivity contribution is -0.135. The highest BCUT2D eigenvalue weighted by Gasteiger charge is 2.33. The molecule has 5 nitrogen and oxygen atoms in total. The maximum Gasteiger partial charge on any atom is 0.323 e. The Kier molecular flexibility index (Phi) is 5.33. The first kappa shape index (κ1) is 17.0. The molecule has 1 aliphatic carbocycles. The summed E-state index contributed by atoms with van der Waals surface area (Å²) in [6.07, 6.45) is 2.03. The molecule has 0 saturated heterocycles. The number of rotatable bonds is 8. The summed E-state index contributed by atoms with van der Waals surface area (Å²) in [6.45, 7) is 0.444. The largest absolute Gasteiger partial charge is 0.480 e. The molecule has 0 radical (unpaired) electrons. The average molecular weight is 338 g/mol. The number of para-hydroxylation sites is 1. The van der Waals surface area contributed by atoms with Gasteiger partial charge in [-0.05, 0) is 30.5 Å². The first-order chi connectivity index (χ1) is 12.1. The predicted octanol–water partition coefficient (Wildman–Crippen LogP) is 2.77. The number of carbonyl (C=O) groups is 2. The molecule has 0 unspecified atom stereocenters. The Hall–Kier alpha value is -2.82. The SMILES string of the molecule is O=C(O)CN(CC(=O)N(Cc1ccccc1)C1CC1)c1ccccc1. The zero-order valence-electron chi connectivity index (χ0n) is 14.0. The molecule has 3 rings (SSSR count). The molecule has 25 heavy (non-hydrogen) atoms. The van der Waals surface area contributed by atoms with Crippen molar-refractivity contribution in [3.8, 4) is 0 Å². The maximum absolute atomic E-state index is 12.9. The molecule has 1 amide bonds. The van der Waals surface area contributed by atoms with E-state index >= 15 is 0 Å². The summed E-state index contributed by atoms with van der Waals surface area (Å²) in [6, 6.07) is 19.4. The number of anilines is 1. The first-order valence-corrected chi connectivity index (χ1v) is 8.48. The van der Waals surface area contributed by atoms with Crippen LogP contribution in [0, 0.1) is 0 Å². The van der Waals surface area contributed by atoms with Crippen LogP contribution in [0.4, 0.5) is 5.69 Å². The number of nitrogens with zero attached hydrogens (tertiary/aromatic N) is 2. The van der Waals surface area contributed by atoms with Crippen molar-refractivity contribution < 1.29 is 14.7 Å². The first-order valence-electron chi connectivity index (χ1n) is 8.48. The molecule has 0 atom stereocenters. The molecule has 1 aliphatic rings. The third-order valence-corrected chi connectivity index (χ3v) is 4.28. The number of carboxylic acids is 1. The molecule has 1 fully saturated rings. The number of carboxylic acid groups (broad SMARTS) is 1. The van der Waals surface area contributed by atoms with Crippen LogP contribution in [0.3, 0.4) is 0 Å². The molecule has 0 bridgehead atoms. The van der Waals surface area contributed by atoms with Gasteiger partial charge in [0.05, 0.1) is 6.54 Å². The van der Waals surface area contributed by atoms with Gasteiger partial charge in [0.2, 0.25) is 5.91 Å². The Bertz CT molecular complexity index is 714. The lowest BCUT2D eigenvalue weighted by Gasteiger charge is -2.28. The highest BCUT2D eigenvalue weighted by Crippen LogP contribution is 2.29. The number of amides is 1. The summed E-state index contributed by atoms with van der Waals surface area (Å²) in [7, 11) is 0. The normalized spacial score (nSPS) is 13.3. The van der Waals surface area contributed by atoms with Crippen LogP contribution in [0.1, 0.15) is 18.4 Å². The van der Waals surface area contributed by atoms with Crippen molar-refractivity contribution in [1.82, 2.24) is 4.90 Å². The van der Waals surface area contributed by atoms with E-state index in [4.69, 9.17) is 0 Å². The van der Waals surface area contributed by atoms with Gasteiger partial charge in [-0.15, -0.1) is 0 Å². The standard InChI is InChI=1S/C20H22N2O3/c23-19(14-21(15-20(24)25)17-9-5-2-6-10-17)22(18-11-12-18)13-16-7-3-1-4-8-16/h1-10,18H,11-15H2,(H,24,25). The highest BCUT2D eigenvalue weighted by atomic mass is 16.4. The van der Waals surface area contributed by atoms with Crippen molar-refractivity contribution in [2.75, 3.05) is 18.0 Å². The molecule has 0 aromatic heterocycles. The number of hydrogen-bond acceptors (Lipinski definition) is 3. The molecule has 5 heteroatoms. The Morgan fingerprint density at radius 2 is 1.52 bits per heavy atom. The van der Waals surface area contributed by atoms with Crippen LogP contribution in [0.15, 0.2) is 60.7 Å². The van der Waals surface area contributed by atoms with Gasteiger partial charge in [-0.1, -0.05) is 48.5 Å². The van der Waals surface area contributed by atoms with Crippen molar-refractivity contribution in [3.63, 3.8) is 0 Å². The fourth-order valence-corrected chi connectivity index (χ4v) is 2.88. The summed E-state index contributed by atoms with van der Waals surface area (Å²) in [5.41, 5.74) is 1.83. The van der Waals surface area contributed by atoms with Crippen LogP contribution >= 0.6 is 0 Å². The Labute approximate surface area is 147 Å². The smallest absolute Gasteiger partial charge is 0.323 e. The molecule has 2 aromatic rings. The molecular formula is C20H22N2O3. The summed E-state index contributed by atoms with van der Waals surface area (Å²) < 4.78 is 0. The average Bonchev–Trinajstić information content (AvgIpc) is 3.45. The molecule has 0 heterocycles. The van der Waals surface area contributed by atoms with E-state index in [0.717, 1.165) is 24.1 Å². The number of benzene rings is 2. The molecule has 130 valence electrons. The van der Waals surface area contributed by atoms with Crippen molar-refractivity contribution in [3.05, 3.63) is 66.2 Å². The van der Waals surface area contributed by atoms with E-state index in [-0.39, 0.29) is 25.0 Å². The Morgan fingerprint density at radius 1 is 0.920 bits per heavy atom. The van der Waals surface area contributed by atoms with E-state index in [2.05, 4.69) is 0 Å². The molecular weight excluding hydrogens is 316 g/mol. The van der Waals surface area contributed by atoms with Gasteiger partial charge in [0.15, 0.2) is 0 Å². The molecule has 0 aliphatic heterocycles. The zero-order valence-corrected chi connectivity index (χ0v) is 14.0. The van der Waals surface area contributed by atoms with Gasteiger partial charge in [0.25, 0.3) is 0 Å². The van der Waals surface area contributed by atoms with Gasteiger partial charge in [-0.25, -0.2) is 0 Å². The summed E-state index contributed by atoms with van der Waals surface area (Å²) >= 11 is 0. The van der Waals surface area contributed by atoms with E-state index in [1.165, 1.54) is 0 Å². The Morgan fingerprint density at radius 3 is 2.08 bits per heavy atom. The van der Waals surface area contributed by atoms with Crippen molar-refractivity contribution in [2.45, 2.75) is 25.4 Å². The fraction of sp³-hybridized carbons (Fsp3) is 0.300. The van der Waals surface area contributed by atoms with Crippen LogP contribution in [0.2, 0.25) is 0 Å².